The van der Waals surface area contributed by atoms with Gasteiger partial charge in [0.05, 0.1) is 28.5 Å². The number of quaternary nitrogens is 1. The Morgan fingerprint density at radius 1 is 0.978 bits per heavy atom. The van der Waals surface area contributed by atoms with Crippen molar-refractivity contribution in [3.63, 3.8) is 0 Å². The topological polar surface area (TPSA) is 131 Å². The van der Waals surface area contributed by atoms with Crippen molar-refractivity contribution in [1.82, 2.24) is 24.2 Å². The third-order valence-corrected chi connectivity index (χ3v) is 11.6. The fraction of sp³-hybridized carbons (Fsp3) is 0.281. The number of nitrogens with zero attached hydrogens (tertiary/aromatic N) is 4. The van der Waals surface area contributed by atoms with Crippen LogP contribution in [0.5, 0.6) is 0 Å². The number of rotatable bonds is 6. The number of anilines is 1. The second kappa shape index (κ2) is 11.1. The SMILES string of the molecule is O=C(Nc1cncc(Cl)c1)c1ccc2c(c1)C1(CCNCC1)C(C1CC1)[N+]2(C(=O)c1cnccn1)S(=O)(=O)c1ccc(F)cc1. The minimum absolute atomic E-state index is 0.0962. The zero-order valence-electron chi connectivity index (χ0n) is 24.0. The Bertz CT molecular complexity index is 1920. The van der Waals surface area contributed by atoms with E-state index in [9.17, 15) is 14.0 Å². The van der Waals surface area contributed by atoms with Gasteiger partial charge in [0.2, 0.25) is 0 Å². The normalized spacial score (nSPS) is 22.1. The zero-order valence-corrected chi connectivity index (χ0v) is 25.6. The number of piperidine rings is 1. The Morgan fingerprint density at radius 2 is 1.73 bits per heavy atom. The number of hydrogen-bond donors (Lipinski definition) is 2. The molecule has 45 heavy (non-hydrogen) atoms. The van der Waals surface area contributed by atoms with E-state index in [1.165, 1.54) is 49.2 Å². The van der Waals surface area contributed by atoms with Gasteiger partial charge in [-0.15, -0.1) is 3.89 Å². The van der Waals surface area contributed by atoms with Gasteiger partial charge in [0.15, 0.2) is 11.4 Å². The molecule has 1 saturated carbocycles. The standard InChI is InChI=1S/C32H28ClFN6O4S/c33-22-16-24(18-37-17-22)39-30(41)21-3-8-28-26(15-21)32(9-11-35-12-10-32)29(20-1-2-20)40(28,31(42)27-19-36-13-14-38-27)45(43,44)25-6-4-23(34)5-7-25/h3-8,13-20,29,35H,1-2,9-12H2/p+1. The average molecular weight is 648 g/mol. The Kier molecular flexibility index (Phi) is 7.27. The van der Waals surface area contributed by atoms with E-state index in [2.05, 4.69) is 25.6 Å². The lowest BCUT2D eigenvalue weighted by atomic mass is 9.68. The van der Waals surface area contributed by atoms with Crippen molar-refractivity contribution in [3.8, 4) is 0 Å². The Balaban J connectivity index is 1.49. The van der Waals surface area contributed by atoms with Crippen molar-refractivity contribution < 1.29 is 22.4 Å². The second-order valence-corrected chi connectivity index (χ2v) is 14.2. The van der Waals surface area contributed by atoms with Crippen LogP contribution in [0.3, 0.4) is 0 Å². The molecule has 10 nitrogen and oxygen atoms in total. The van der Waals surface area contributed by atoms with E-state index in [-0.39, 0.29) is 22.2 Å². The molecule has 230 valence electrons. The minimum atomic E-state index is -4.58. The Labute approximate surface area is 264 Å². The number of carbonyl (C=O) groups is 2. The molecule has 1 aliphatic carbocycles. The largest absolute Gasteiger partial charge is 0.386 e. The quantitative estimate of drug-likeness (QED) is 0.284. The monoisotopic (exact) mass is 647 g/mol. The number of amides is 2. The summed E-state index contributed by atoms with van der Waals surface area (Å²) in [6.07, 6.45) is 9.58. The molecule has 2 amide bonds. The molecule has 2 aromatic carbocycles. The fourth-order valence-electron chi connectivity index (χ4n) is 7.28. The van der Waals surface area contributed by atoms with E-state index in [1.807, 2.05) is 0 Å². The summed E-state index contributed by atoms with van der Waals surface area (Å²) in [5.74, 6) is -1.85. The lowest BCUT2D eigenvalue weighted by molar-refractivity contribution is 0.0749. The zero-order chi connectivity index (χ0) is 31.4. The van der Waals surface area contributed by atoms with Crippen LogP contribution in [0.2, 0.25) is 5.02 Å². The Hall–Kier alpha value is -4.10. The molecule has 2 atom stereocenters. The van der Waals surface area contributed by atoms with Gasteiger partial charge in [-0.2, -0.15) is 8.42 Å². The highest BCUT2D eigenvalue weighted by Crippen LogP contribution is 2.63. The van der Waals surface area contributed by atoms with Crippen LogP contribution in [0.25, 0.3) is 0 Å². The predicted molar refractivity (Wildman–Crippen MR) is 166 cm³/mol. The van der Waals surface area contributed by atoms with Crippen molar-refractivity contribution >= 4 is 44.8 Å². The Morgan fingerprint density at radius 3 is 2.40 bits per heavy atom. The number of halogens is 2. The van der Waals surface area contributed by atoms with Crippen LogP contribution in [-0.4, -0.2) is 54.3 Å². The first-order valence-electron chi connectivity index (χ1n) is 14.7. The molecule has 1 saturated heterocycles. The van der Waals surface area contributed by atoms with Crippen LogP contribution >= 0.6 is 11.6 Å². The maximum Gasteiger partial charge on any atom is 0.386 e. The van der Waals surface area contributed by atoms with Gasteiger partial charge in [0.1, 0.15) is 16.8 Å². The summed E-state index contributed by atoms with van der Waals surface area (Å²) in [5, 5.41) is 6.56. The molecule has 7 rings (SSSR count). The van der Waals surface area contributed by atoms with E-state index < -0.39 is 43.0 Å². The smallest absolute Gasteiger partial charge is 0.321 e. The number of aromatic nitrogens is 3. The van der Waals surface area contributed by atoms with E-state index in [0.29, 0.717) is 47.8 Å². The molecule has 2 unspecified atom stereocenters. The minimum Gasteiger partial charge on any atom is -0.321 e. The number of sulfonamides is 1. The molecule has 0 bridgehead atoms. The molecule has 4 aromatic rings. The van der Waals surface area contributed by atoms with Crippen LogP contribution in [0.15, 0.2) is 84.4 Å². The molecule has 2 aliphatic heterocycles. The van der Waals surface area contributed by atoms with Crippen LogP contribution in [0, 0.1) is 11.7 Å². The number of carbonyl (C=O) groups excluding carboxylic acids is 2. The van der Waals surface area contributed by atoms with Gasteiger partial charge in [-0.3, -0.25) is 14.8 Å². The number of hydrogen-bond acceptors (Lipinski definition) is 8. The number of benzene rings is 2. The summed E-state index contributed by atoms with van der Waals surface area (Å²) in [6.45, 7) is 1.20. The number of fused-ring (bicyclic) bond motifs is 2. The summed E-state index contributed by atoms with van der Waals surface area (Å²) in [4.78, 5) is 40.7. The summed E-state index contributed by atoms with van der Waals surface area (Å²) in [7, 11) is -4.58. The molecular formula is C32H29ClFN6O4S+. The van der Waals surface area contributed by atoms with Gasteiger partial charge in [0.25, 0.3) is 5.91 Å². The second-order valence-electron chi connectivity index (χ2n) is 11.7. The maximum absolute atomic E-state index is 15.2. The number of pyridine rings is 1. The van der Waals surface area contributed by atoms with Crippen molar-refractivity contribution in [2.45, 2.75) is 42.0 Å². The molecule has 2 fully saturated rings. The van der Waals surface area contributed by atoms with E-state index in [4.69, 9.17) is 11.6 Å². The van der Waals surface area contributed by atoms with Gasteiger partial charge < -0.3 is 10.6 Å². The van der Waals surface area contributed by atoms with Crippen LogP contribution < -0.4 is 14.5 Å². The molecule has 13 heteroatoms. The summed E-state index contributed by atoms with van der Waals surface area (Å²) in [5.41, 5.74) is 0.756. The van der Waals surface area contributed by atoms with Crippen LogP contribution in [-0.2, 0) is 15.4 Å². The van der Waals surface area contributed by atoms with Crippen molar-refractivity contribution in [2.75, 3.05) is 18.4 Å². The van der Waals surface area contributed by atoms with Gasteiger partial charge in [-0.1, -0.05) is 11.6 Å². The van der Waals surface area contributed by atoms with Gasteiger partial charge in [0, 0.05) is 41.7 Å². The molecular weight excluding hydrogens is 619 g/mol. The van der Waals surface area contributed by atoms with Gasteiger partial charge in [-0.25, -0.2) is 14.2 Å². The first kappa shape index (κ1) is 29.6. The summed E-state index contributed by atoms with van der Waals surface area (Å²) >= 11 is 6.07. The molecule has 2 aromatic heterocycles. The fourth-order valence-corrected chi connectivity index (χ4v) is 9.67. The third kappa shape index (κ3) is 4.66. The van der Waals surface area contributed by atoms with Gasteiger partial charge >= 0.3 is 15.9 Å². The molecule has 2 N–H and O–H groups in total. The lowest BCUT2D eigenvalue weighted by Crippen LogP contribution is -2.67. The summed E-state index contributed by atoms with van der Waals surface area (Å²) < 4.78 is 43.4. The highest BCUT2D eigenvalue weighted by Gasteiger charge is 2.74. The first-order chi connectivity index (χ1) is 21.7. The van der Waals surface area contributed by atoms with E-state index in [0.717, 1.165) is 25.0 Å². The predicted octanol–water partition coefficient (Wildman–Crippen LogP) is 4.87. The molecule has 3 aliphatic rings. The lowest BCUT2D eigenvalue weighted by Gasteiger charge is -2.43. The summed E-state index contributed by atoms with van der Waals surface area (Å²) in [6, 6.07) is 10.3. The number of nitrogens with one attached hydrogen (secondary N) is 2. The first-order valence-corrected chi connectivity index (χ1v) is 16.5. The van der Waals surface area contributed by atoms with Crippen LogP contribution in [0.1, 0.15) is 52.1 Å². The highest BCUT2D eigenvalue weighted by atomic mass is 35.5. The van der Waals surface area contributed by atoms with E-state index >= 15 is 8.42 Å². The van der Waals surface area contributed by atoms with Crippen molar-refractivity contribution in [3.05, 3.63) is 107 Å². The van der Waals surface area contributed by atoms with Crippen molar-refractivity contribution in [1.29, 1.82) is 0 Å². The molecule has 0 radical (unpaired) electrons. The average Bonchev–Trinajstić information content (AvgIpc) is 3.85. The van der Waals surface area contributed by atoms with Crippen LogP contribution in [0.4, 0.5) is 15.8 Å². The van der Waals surface area contributed by atoms with E-state index in [1.54, 1.807) is 18.2 Å². The maximum atomic E-state index is 15.2. The third-order valence-electron chi connectivity index (χ3n) is 9.21. The van der Waals surface area contributed by atoms with Gasteiger partial charge in [-0.05, 0) is 81.2 Å². The highest BCUT2D eigenvalue weighted by molar-refractivity contribution is 7.91. The molecule has 1 spiro atoms. The molecule has 4 heterocycles. The van der Waals surface area contributed by atoms with Crippen molar-refractivity contribution in [2.24, 2.45) is 5.92 Å².